The molecule has 0 unspecified atom stereocenters. The van der Waals surface area contributed by atoms with Crippen molar-refractivity contribution in [1.82, 2.24) is 4.98 Å². The Balaban J connectivity index is 1.66. The average molecular weight is 360 g/mol. The molecule has 0 saturated carbocycles. The molecule has 0 bridgehead atoms. The third-order valence-electron chi connectivity index (χ3n) is 4.19. The Morgan fingerprint density at radius 2 is 1.74 bits per heavy atom. The lowest BCUT2D eigenvalue weighted by Gasteiger charge is -2.12. The van der Waals surface area contributed by atoms with Crippen LogP contribution < -0.4 is 16.0 Å². The summed E-state index contributed by atoms with van der Waals surface area (Å²) in [7, 11) is 0. The molecular formula is C20H16N4O3. The van der Waals surface area contributed by atoms with Crippen LogP contribution in [0.3, 0.4) is 0 Å². The van der Waals surface area contributed by atoms with Gasteiger partial charge in [-0.3, -0.25) is 14.6 Å². The molecular weight excluding hydrogens is 344 g/mol. The number of aliphatic carboxylic acids is 1. The van der Waals surface area contributed by atoms with E-state index in [1.165, 1.54) is 0 Å². The first-order valence-corrected chi connectivity index (χ1v) is 8.33. The summed E-state index contributed by atoms with van der Waals surface area (Å²) in [6.07, 6.45) is 3.29. The number of carboxylic acid groups (broad SMARTS) is 1. The van der Waals surface area contributed by atoms with Crippen LogP contribution in [0, 0.1) is 0 Å². The Hall–Kier alpha value is -3.87. The van der Waals surface area contributed by atoms with Crippen molar-refractivity contribution in [1.29, 1.82) is 0 Å². The van der Waals surface area contributed by atoms with E-state index < -0.39 is 5.97 Å². The van der Waals surface area contributed by atoms with E-state index >= 15 is 0 Å². The first-order valence-electron chi connectivity index (χ1n) is 8.33. The van der Waals surface area contributed by atoms with E-state index in [4.69, 9.17) is 5.11 Å². The standard InChI is InChI=1S/C20H16N4O3/c25-19(26)10-12-1-4-16-18(9-12)24-20(27)15-3-2-14(11-17(15)23-16)22-13-5-7-21-8-6-13/h1-9,11,23H,10H2,(H,21,22)(H,24,27)(H,25,26). The molecule has 2 aromatic carbocycles. The highest BCUT2D eigenvalue weighted by Crippen LogP contribution is 2.34. The average Bonchev–Trinajstić information content (AvgIpc) is 2.77. The van der Waals surface area contributed by atoms with Crippen molar-refractivity contribution in [3.05, 3.63) is 72.1 Å². The third-order valence-corrected chi connectivity index (χ3v) is 4.19. The van der Waals surface area contributed by atoms with Crippen LogP contribution in [0.5, 0.6) is 0 Å². The van der Waals surface area contributed by atoms with Crippen molar-refractivity contribution in [3.63, 3.8) is 0 Å². The van der Waals surface area contributed by atoms with Crippen LogP contribution in [0.4, 0.5) is 28.4 Å². The summed E-state index contributed by atoms with van der Waals surface area (Å²) < 4.78 is 0. The topological polar surface area (TPSA) is 103 Å². The summed E-state index contributed by atoms with van der Waals surface area (Å²) in [5, 5.41) is 18.3. The predicted molar refractivity (Wildman–Crippen MR) is 103 cm³/mol. The first-order chi connectivity index (χ1) is 13.1. The molecule has 1 aromatic heterocycles. The lowest BCUT2D eigenvalue weighted by molar-refractivity contribution is -0.136. The van der Waals surface area contributed by atoms with Crippen LogP contribution in [0.25, 0.3) is 0 Å². The minimum absolute atomic E-state index is 0.101. The Morgan fingerprint density at radius 1 is 0.926 bits per heavy atom. The number of nitrogens with one attached hydrogen (secondary N) is 3. The monoisotopic (exact) mass is 360 g/mol. The van der Waals surface area contributed by atoms with Crippen molar-refractivity contribution in [2.75, 3.05) is 16.0 Å². The van der Waals surface area contributed by atoms with Gasteiger partial charge in [0.2, 0.25) is 0 Å². The number of anilines is 5. The van der Waals surface area contributed by atoms with Crippen LogP contribution in [0.2, 0.25) is 0 Å². The quantitative estimate of drug-likeness (QED) is 0.565. The molecule has 1 aliphatic heterocycles. The van der Waals surface area contributed by atoms with Gasteiger partial charge in [-0.15, -0.1) is 0 Å². The van der Waals surface area contributed by atoms with Gasteiger partial charge < -0.3 is 21.1 Å². The summed E-state index contributed by atoms with van der Waals surface area (Å²) >= 11 is 0. The number of hydrogen-bond acceptors (Lipinski definition) is 5. The molecule has 7 heteroatoms. The molecule has 0 radical (unpaired) electrons. The number of nitrogens with zero attached hydrogens (tertiary/aromatic N) is 1. The zero-order valence-corrected chi connectivity index (χ0v) is 14.2. The molecule has 27 heavy (non-hydrogen) atoms. The van der Waals surface area contributed by atoms with Crippen molar-refractivity contribution in [2.45, 2.75) is 6.42 Å². The second-order valence-electron chi connectivity index (χ2n) is 6.15. The minimum atomic E-state index is -0.919. The Kier molecular flexibility index (Phi) is 4.18. The van der Waals surface area contributed by atoms with Gasteiger partial charge in [-0.2, -0.15) is 0 Å². The molecule has 7 nitrogen and oxygen atoms in total. The van der Waals surface area contributed by atoms with Gasteiger partial charge in [0.25, 0.3) is 5.91 Å². The highest BCUT2D eigenvalue weighted by atomic mass is 16.4. The highest BCUT2D eigenvalue weighted by molar-refractivity contribution is 6.12. The maximum Gasteiger partial charge on any atom is 0.307 e. The van der Waals surface area contributed by atoms with E-state index in [1.54, 1.807) is 36.7 Å². The van der Waals surface area contributed by atoms with Crippen LogP contribution in [-0.2, 0) is 11.2 Å². The Labute approximate surface area is 155 Å². The van der Waals surface area contributed by atoms with Crippen molar-refractivity contribution >= 4 is 40.3 Å². The number of carboxylic acids is 1. The molecule has 0 spiro atoms. The fraction of sp³-hybridized carbons (Fsp3) is 0.0500. The molecule has 0 atom stereocenters. The second-order valence-corrected chi connectivity index (χ2v) is 6.15. The number of aromatic nitrogens is 1. The second kappa shape index (κ2) is 6.80. The SMILES string of the molecule is O=C(O)Cc1ccc2c(c1)NC(=O)c1ccc(Nc3ccncc3)cc1N2. The lowest BCUT2D eigenvalue weighted by atomic mass is 10.1. The molecule has 3 aromatic rings. The van der Waals surface area contributed by atoms with Crippen molar-refractivity contribution in [3.8, 4) is 0 Å². The lowest BCUT2D eigenvalue weighted by Crippen LogP contribution is -2.11. The molecule has 4 N–H and O–H groups in total. The maximum absolute atomic E-state index is 12.6. The van der Waals surface area contributed by atoms with Crippen molar-refractivity contribution < 1.29 is 14.7 Å². The summed E-state index contributed by atoms with van der Waals surface area (Å²) in [4.78, 5) is 27.5. The number of pyridine rings is 1. The summed E-state index contributed by atoms with van der Waals surface area (Å²) in [6.45, 7) is 0. The van der Waals surface area contributed by atoms with E-state index in [9.17, 15) is 9.59 Å². The Bertz CT molecular complexity index is 1030. The first kappa shape index (κ1) is 16.6. The summed E-state index contributed by atoms with van der Waals surface area (Å²) in [6, 6.07) is 14.3. The number of carbonyl (C=O) groups is 2. The molecule has 2 heterocycles. The van der Waals surface area contributed by atoms with E-state index in [0.717, 1.165) is 11.4 Å². The van der Waals surface area contributed by atoms with Gasteiger partial charge in [-0.25, -0.2) is 0 Å². The van der Waals surface area contributed by atoms with E-state index in [1.807, 2.05) is 24.3 Å². The molecule has 0 fully saturated rings. The molecule has 1 amide bonds. The largest absolute Gasteiger partial charge is 0.481 e. The van der Waals surface area contributed by atoms with E-state index in [0.29, 0.717) is 28.2 Å². The number of carbonyl (C=O) groups excluding carboxylic acids is 1. The molecule has 4 rings (SSSR count). The number of rotatable bonds is 4. The molecule has 1 aliphatic rings. The Morgan fingerprint density at radius 3 is 2.52 bits per heavy atom. The fourth-order valence-corrected chi connectivity index (χ4v) is 2.95. The zero-order chi connectivity index (χ0) is 18.8. The minimum Gasteiger partial charge on any atom is -0.481 e. The van der Waals surface area contributed by atoms with Crippen LogP contribution in [0.15, 0.2) is 60.9 Å². The number of fused-ring (bicyclic) bond motifs is 2. The van der Waals surface area contributed by atoms with E-state index in [-0.39, 0.29) is 12.3 Å². The number of amides is 1. The van der Waals surface area contributed by atoms with Crippen molar-refractivity contribution in [2.24, 2.45) is 0 Å². The normalized spacial score (nSPS) is 12.1. The fourth-order valence-electron chi connectivity index (χ4n) is 2.95. The summed E-state index contributed by atoms with van der Waals surface area (Å²) in [5.74, 6) is -1.17. The number of benzene rings is 2. The van der Waals surface area contributed by atoms with Gasteiger partial charge in [0, 0.05) is 23.8 Å². The molecule has 0 saturated heterocycles. The highest BCUT2D eigenvalue weighted by Gasteiger charge is 2.20. The zero-order valence-electron chi connectivity index (χ0n) is 14.2. The van der Waals surface area contributed by atoms with Gasteiger partial charge in [-0.05, 0) is 48.0 Å². The molecule has 134 valence electrons. The van der Waals surface area contributed by atoms with Crippen LogP contribution in [0.1, 0.15) is 15.9 Å². The van der Waals surface area contributed by atoms with Crippen LogP contribution in [-0.4, -0.2) is 22.0 Å². The molecule has 0 aliphatic carbocycles. The summed E-state index contributed by atoms with van der Waals surface area (Å²) in [5.41, 5.74) is 4.76. The maximum atomic E-state index is 12.6. The smallest absolute Gasteiger partial charge is 0.307 e. The number of hydrogen-bond donors (Lipinski definition) is 4. The van der Waals surface area contributed by atoms with Gasteiger partial charge >= 0.3 is 5.97 Å². The van der Waals surface area contributed by atoms with Gasteiger partial charge in [0.15, 0.2) is 0 Å². The van der Waals surface area contributed by atoms with Gasteiger partial charge in [0.05, 0.1) is 29.0 Å². The van der Waals surface area contributed by atoms with Gasteiger partial charge in [0.1, 0.15) is 0 Å². The van der Waals surface area contributed by atoms with E-state index in [2.05, 4.69) is 20.9 Å². The van der Waals surface area contributed by atoms with Gasteiger partial charge in [-0.1, -0.05) is 6.07 Å². The third kappa shape index (κ3) is 3.57. The predicted octanol–water partition coefficient (Wildman–Crippen LogP) is 3.76. The van der Waals surface area contributed by atoms with Crippen LogP contribution >= 0.6 is 0 Å².